The van der Waals surface area contributed by atoms with Crippen molar-refractivity contribution in [2.24, 2.45) is 11.8 Å². The maximum Gasteiger partial charge on any atom is 0.305 e. The average molecular weight is 820 g/mol. The van der Waals surface area contributed by atoms with Gasteiger partial charge in [-0.1, -0.05) is 227 Å². The number of ether oxygens (including phenoxy) is 3. The fourth-order valence-electron chi connectivity index (χ4n) is 9.29. The average Bonchev–Trinajstić information content (AvgIpc) is 3.63. The van der Waals surface area contributed by atoms with Gasteiger partial charge in [0.1, 0.15) is 0 Å². The Balaban J connectivity index is 2.25. The molecular formula is C53H105NO4. The van der Waals surface area contributed by atoms with E-state index in [4.69, 9.17) is 14.2 Å². The van der Waals surface area contributed by atoms with Gasteiger partial charge < -0.3 is 19.1 Å². The lowest BCUT2D eigenvalue weighted by Gasteiger charge is -2.29. The number of esters is 1. The van der Waals surface area contributed by atoms with E-state index in [9.17, 15) is 4.79 Å². The summed E-state index contributed by atoms with van der Waals surface area (Å²) in [6, 6.07) is 0. The fraction of sp³-hybridized carbons (Fsp3) is 0.981. The number of nitrogens with zero attached hydrogens (tertiary/aromatic N) is 1. The molecule has 5 heteroatoms. The Morgan fingerprint density at radius 1 is 0.552 bits per heavy atom. The van der Waals surface area contributed by atoms with Gasteiger partial charge in [0.25, 0.3) is 0 Å². The molecule has 0 aromatic rings. The molecule has 1 saturated heterocycles. The Labute approximate surface area is 364 Å². The highest BCUT2D eigenvalue weighted by molar-refractivity contribution is 5.69. The normalized spacial score (nSPS) is 17.1. The summed E-state index contributed by atoms with van der Waals surface area (Å²) in [5.74, 6) is 1.38. The minimum Gasteiger partial charge on any atom is -0.466 e. The van der Waals surface area contributed by atoms with E-state index in [1.165, 1.54) is 199 Å². The van der Waals surface area contributed by atoms with Gasteiger partial charge in [0.2, 0.25) is 0 Å². The van der Waals surface area contributed by atoms with Crippen molar-refractivity contribution in [2.45, 2.75) is 291 Å². The van der Waals surface area contributed by atoms with Crippen molar-refractivity contribution < 1.29 is 19.0 Å². The first-order valence-electron chi connectivity index (χ1n) is 26.6. The zero-order valence-corrected chi connectivity index (χ0v) is 40.5. The summed E-state index contributed by atoms with van der Waals surface area (Å²) in [5.41, 5.74) is 0. The summed E-state index contributed by atoms with van der Waals surface area (Å²) in [6.45, 7) is 15.0. The molecule has 0 aliphatic carbocycles. The third-order valence-corrected chi connectivity index (χ3v) is 13.5. The molecule has 0 spiro atoms. The predicted octanol–water partition coefficient (Wildman–Crippen LogP) is 16.7. The van der Waals surface area contributed by atoms with E-state index in [1.807, 2.05) is 0 Å². The Kier molecular flexibility index (Phi) is 38.6. The molecule has 0 aromatic heterocycles. The zero-order chi connectivity index (χ0) is 42.2. The maximum absolute atomic E-state index is 12.4. The Hall–Kier alpha value is -0.650. The van der Waals surface area contributed by atoms with Crippen LogP contribution in [0.5, 0.6) is 0 Å². The van der Waals surface area contributed by atoms with Crippen LogP contribution in [0.25, 0.3) is 0 Å². The van der Waals surface area contributed by atoms with Crippen LogP contribution in [0, 0.1) is 11.8 Å². The van der Waals surface area contributed by atoms with E-state index >= 15 is 0 Å². The van der Waals surface area contributed by atoms with Crippen molar-refractivity contribution in [3.63, 3.8) is 0 Å². The largest absolute Gasteiger partial charge is 0.466 e. The van der Waals surface area contributed by atoms with E-state index in [0.717, 1.165) is 70.1 Å². The van der Waals surface area contributed by atoms with E-state index in [0.29, 0.717) is 13.0 Å². The highest BCUT2D eigenvalue weighted by Crippen LogP contribution is 2.36. The quantitative estimate of drug-likeness (QED) is 0.0452. The summed E-state index contributed by atoms with van der Waals surface area (Å²) in [7, 11) is 2.20. The molecule has 346 valence electrons. The zero-order valence-electron chi connectivity index (χ0n) is 40.5. The molecule has 0 radical (unpaired) electrons. The molecule has 0 N–H and O–H groups in total. The Morgan fingerprint density at radius 3 is 1.40 bits per heavy atom. The molecule has 0 aromatic carbocycles. The van der Waals surface area contributed by atoms with E-state index in [1.54, 1.807) is 0 Å². The number of carbonyl (C=O) groups is 1. The van der Waals surface area contributed by atoms with Crippen molar-refractivity contribution in [1.29, 1.82) is 0 Å². The lowest BCUT2D eigenvalue weighted by Crippen LogP contribution is -2.32. The van der Waals surface area contributed by atoms with Crippen molar-refractivity contribution >= 4 is 5.97 Å². The molecule has 2 atom stereocenters. The van der Waals surface area contributed by atoms with Crippen LogP contribution in [0.1, 0.15) is 279 Å². The van der Waals surface area contributed by atoms with Crippen LogP contribution in [-0.4, -0.2) is 56.1 Å². The minimum atomic E-state index is -0.355. The number of carbonyl (C=O) groups excluding carboxylic acids is 1. The van der Waals surface area contributed by atoms with E-state index in [2.05, 4.69) is 46.6 Å². The number of rotatable bonds is 45. The summed E-state index contributed by atoms with van der Waals surface area (Å²) in [6.07, 6.45) is 49.1. The van der Waals surface area contributed by atoms with Gasteiger partial charge in [-0.25, -0.2) is 0 Å². The number of hydrogen-bond acceptors (Lipinski definition) is 5. The van der Waals surface area contributed by atoms with Crippen molar-refractivity contribution in [3.05, 3.63) is 0 Å². The molecule has 1 rings (SSSR count). The third kappa shape index (κ3) is 32.1. The fourth-order valence-corrected chi connectivity index (χ4v) is 9.29. The van der Waals surface area contributed by atoms with E-state index < -0.39 is 0 Å². The maximum atomic E-state index is 12.4. The molecule has 5 nitrogen and oxygen atoms in total. The second-order valence-electron chi connectivity index (χ2n) is 19.1. The summed E-state index contributed by atoms with van der Waals surface area (Å²) in [4.78, 5) is 14.8. The molecule has 58 heavy (non-hydrogen) atoms. The highest BCUT2D eigenvalue weighted by Gasteiger charge is 2.40. The first-order valence-corrected chi connectivity index (χ1v) is 26.6. The van der Waals surface area contributed by atoms with Gasteiger partial charge in [0.05, 0.1) is 19.3 Å². The number of hydrogen-bond donors (Lipinski definition) is 0. The van der Waals surface area contributed by atoms with Crippen LogP contribution in [0.4, 0.5) is 0 Å². The van der Waals surface area contributed by atoms with Gasteiger partial charge in [-0.15, -0.1) is 0 Å². The van der Waals surface area contributed by atoms with Gasteiger partial charge in [-0.3, -0.25) is 4.79 Å². The molecule has 1 heterocycles. The Bertz CT molecular complexity index is 847. The summed E-state index contributed by atoms with van der Waals surface area (Å²) >= 11 is 0. The highest BCUT2D eigenvalue weighted by atomic mass is 16.7. The summed E-state index contributed by atoms with van der Waals surface area (Å²) < 4.78 is 19.0. The van der Waals surface area contributed by atoms with E-state index in [-0.39, 0.29) is 17.9 Å². The second kappa shape index (κ2) is 40.4. The molecule has 0 amide bonds. The van der Waals surface area contributed by atoms with Gasteiger partial charge in [-0.2, -0.15) is 0 Å². The minimum absolute atomic E-state index is 0.0162. The molecular weight excluding hydrogens is 715 g/mol. The van der Waals surface area contributed by atoms with Crippen LogP contribution < -0.4 is 0 Å². The standard InChI is InChI=1S/C53H105NO4/c1-7-12-28-36-49(37-29-13-8-2)40-32-24-20-17-16-18-22-26-34-44-53(57-48-51(58-53)42-46-54(6)11-5)45-35-27-23-19-21-25-33-41-52(55)56-47-43-50(38-30-14-9-3)39-31-15-10-4/h49-51H,7-48H2,1-6H3. The topological polar surface area (TPSA) is 48.0 Å². The van der Waals surface area contributed by atoms with Gasteiger partial charge in [-0.05, 0) is 57.5 Å². The lowest BCUT2D eigenvalue weighted by molar-refractivity contribution is -0.180. The molecule has 1 fully saturated rings. The first kappa shape index (κ1) is 55.4. The van der Waals surface area contributed by atoms with Crippen LogP contribution in [0.3, 0.4) is 0 Å². The second-order valence-corrected chi connectivity index (χ2v) is 19.1. The predicted molar refractivity (Wildman–Crippen MR) is 253 cm³/mol. The first-order chi connectivity index (χ1) is 28.4. The SMILES string of the molecule is CCCCCC(CCCCC)CCCCCCCCCCCC1(CCCCCCCCCC(=O)OCCC(CCCCC)CCCCC)OCC(CCN(C)CC)O1. The van der Waals surface area contributed by atoms with Crippen LogP contribution in [0.2, 0.25) is 0 Å². The Morgan fingerprint density at radius 2 is 0.948 bits per heavy atom. The van der Waals surface area contributed by atoms with Crippen molar-refractivity contribution in [2.75, 3.05) is 33.4 Å². The molecule has 1 aliphatic rings. The molecule has 0 bridgehead atoms. The third-order valence-electron chi connectivity index (χ3n) is 13.5. The molecule has 1 aliphatic heterocycles. The lowest BCUT2D eigenvalue weighted by atomic mass is 9.90. The van der Waals surface area contributed by atoms with Gasteiger partial charge in [0.15, 0.2) is 5.79 Å². The molecule has 0 saturated carbocycles. The monoisotopic (exact) mass is 820 g/mol. The molecule has 2 unspecified atom stereocenters. The van der Waals surface area contributed by atoms with Gasteiger partial charge in [0, 0.05) is 25.8 Å². The number of unbranched alkanes of at least 4 members (excludes halogenated alkanes) is 22. The summed E-state index contributed by atoms with van der Waals surface area (Å²) in [5, 5.41) is 0. The van der Waals surface area contributed by atoms with Crippen molar-refractivity contribution in [1.82, 2.24) is 4.90 Å². The van der Waals surface area contributed by atoms with Crippen LogP contribution in [0.15, 0.2) is 0 Å². The van der Waals surface area contributed by atoms with Crippen molar-refractivity contribution in [3.8, 4) is 0 Å². The van der Waals surface area contributed by atoms with Gasteiger partial charge >= 0.3 is 5.97 Å². The van der Waals surface area contributed by atoms with Crippen LogP contribution in [-0.2, 0) is 19.0 Å². The smallest absolute Gasteiger partial charge is 0.305 e. The van der Waals surface area contributed by atoms with Crippen LogP contribution >= 0.6 is 0 Å².